The van der Waals surface area contributed by atoms with Crippen LogP contribution in [-0.4, -0.2) is 25.0 Å². The van der Waals surface area contributed by atoms with Crippen molar-refractivity contribution in [2.24, 2.45) is 0 Å². The fourth-order valence-corrected chi connectivity index (χ4v) is 1.92. The monoisotopic (exact) mass is 249 g/mol. The molecular formula is C14H19NOS. The van der Waals surface area contributed by atoms with Crippen LogP contribution in [0.4, 0.5) is 5.69 Å². The van der Waals surface area contributed by atoms with Crippen LogP contribution in [0.15, 0.2) is 30.3 Å². The van der Waals surface area contributed by atoms with Crippen LogP contribution in [0.2, 0.25) is 0 Å². The first-order valence-electron chi connectivity index (χ1n) is 5.67. The Balaban J connectivity index is 2.41. The molecule has 0 radical (unpaired) electrons. The van der Waals surface area contributed by atoms with E-state index in [1.807, 2.05) is 14.1 Å². The van der Waals surface area contributed by atoms with Crippen LogP contribution in [0.1, 0.15) is 18.9 Å². The van der Waals surface area contributed by atoms with Gasteiger partial charge in [0.05, 0.1) is 0 Å². The third-order valence-electron chi connectivity index (χ3n) is 2.31. The Morgan fingerprint density at radius 3 is 2.47 bits per heavy atom. The van der Waals surface area contributed by atoms with Crippen molar-refractivity contribution in [3.8, 4) is 0 Å². The van der Waals surface area contributed by atoms with Crippen LogP contribution in [-0.2, 0) is 4.79 Å². The fourth-order valence-electron chi connectivity index (χ4n) is 1.37. The molecule has 1 rings (SSSR count). The summed E-state index contributed by atoms with van der Waals surface area (Å²) in [4.78, 5) is 12.8. The van der Waals surface area contributed by atoms with Crippen molar-refractivity contribution in [3.63, 3.8) is 0 Å². The number of carbonyl (C=O) groups is 1. The predicted octanol–water partition coefficient (Wildman–Crippen LogP) is 3.44. The lowest BCUT2D eigenvalue weighted by Gasteiger charge is -2.11. The second-order valence-corrected chi connectivity index (χ2v) is 5.29. The Morgan fingerprint density at radius 1 is 1.29 bits per heavy atom. The summed E-state index contributed by atoms with van der Waals surface area (Å²) < 4.78 is 0. The minimum absolute atomic E-state index is 0.189. The summed E-state index contributed by atoms with van der Waals surface area (Å²) in [5.74, 6) is 0.863. The SMILES string of the molecule is CC(=O)SCCC=Cc1ccc(N(C)C)cc1. The molecule has 0 unspecified atom stereocenters. The number of thioether (sulfide) groups is 1. The van der Waals surface area contributed by atoms with Gasteiger partial charge in [-0.05, 0) is 24.1 Å². The summed E-state index contributed by atoms with van der Waals surface area (Å²) in [6, 6.07) is 8.40. The highest BCUT2D eigenvalue weighted by molar-refractivity contribution is 8.13. The lowest BCUT2D eigenvalue weighted by atomic mass is 10.2. The number of hydrogen-bond donors (Lipinski definition) is 0. The molecule has 0 amide bonds. The quantitative estimate of drug-likeness (QED) is 0.746. The van der Waals surface area contributed by atoms with Gasteiger partial charge in [0.1, 0.15) is 0 Å². The number of nitrogens with zero attached hydrogens (tertiary/aromatic N) is 1. The van der Waals surface area contributed by atoms with Crippen LogP contribution >= 0.6 is 11.8 Å². The highest BCUT2D eigenvalue weighted by Gasteiger charge is 1.94. The van der Waals surface area contributed by atoms with Gasteiger partial charge in [-0.3, -0.25) is 4.79 Å². The molecule has 0 spiro atoms. The highest BCUT2D eigenvalue weighted by Crippen LogP contribution is 2.13. The molecule has 3 heteroatoms. The molecule has 2 nitrogen and oxygen atoms in total. The van der Waals surface area contributed by atoms with E-state index in [1.54, 1.807) is 6.92 Å². The normalized spacial score (nSPS) is 10.8. The Kier molecular flexibility index (Phi) is 5.84. The van der Waals surface area contributed by atoms with E-state index in [1.165, 1.54) is 23.0 Å². The van der Waals surface area contributed by atoms with Gasteiger partial charge in [0, 0.05) is 32.5 Å². The van der Waals surface area contributed by atoms with Crippen LogP contribution in [0, 0.1) is 0 Å². The summed E-state index contributed by atoms with van der Waals surface area (Å²) in [6.07, 6.45) is 5.14. The summed E-state index contributed by atoms with van der Waals surface area (Å²) in [5.41, 5.74) is 2.40. The topological polar surface area (TPSA) is 20.3 Å². The molecular weight excluding hydrogens is 230 g/mol. The zero-order valence-electron chi connectivity index (χ0n) is 10.6. The van der Waals surface area contributed by atoms with Gasteiger partial charge in [-0.15, -0.1) is 0 Å². The first-order chi connectivity index (χ1) is 8.09. The minimum atomic E-state index is 0.189. The largest absolute Gasteiger partial charge is 0.378 e. The van der Waals surface area contributed by atoms with E-state index in [4.69, 9.17) is 0 Å². The van der Waals surface area contributed by atoms with Gasteiger partial charge in [-0.2, -0.15) is 0 Å². The molecule has 0 saturated heterocycles. The number of carbonyl (C=O) groups excluding carboxylic acids is 1. The summed E-state index contributed by atoms with van der Waals surface area (Å²) in [5, 5.41) is 0.189. The molecule has 1 aromatic rings. The second kappa shape index (κ2) is 7.17. The second-order valence-electron chi connectivity index (χ2n) is 4.02. The maximum Gasteiger partial charge on any atom is 0.185 e. The van der Waals surface area contributed by atoms with E-state index in [0.717, 1.165) is 12.2 Å². The van der Waals surface area contributed by atoms with Crippen LogP contribution < -0.4 is 4.90 Å². The molecule has 0 aliphatic rings. The van der Waals surface area contributed by atoms with E-state index in [0.29, 0.717) is 0 Å². The Labute approximate surface area is 108 Å². The van der Waals surface area contributed by atoms with Crippen molar-refractivity contribution in [2.75, 3.05) is 24.7 Å². The van der Waals surface area contributed by atoms with Gasteiger partial charge in [0.15, 0.2) is 5.12 Å². The van der Waals surface area contributed by atoms with Crippen LogP contribution in [0.25, 0.3) is 6.08 Å². The molecule has 0 fully saturated rings. The Bertz CT molecular complexity index is 382. The molecule has 17 heavy (non-hydrogen) atoms. The van der Waals surface area contributed by atoms with Crippen molar-refractivity contribution >= 4 is 28.6 Å². The van der Waals surface area contributed by atoms with Gasteiger partial charge < -0.3 is 4.90 Å². The molecule has 0 aromatic heterocycles. The van der Waals surface area contributed by atoms with Gasteiger partial charge in [-0.25, -0.2) is 0 Å². The van der Waals surface area contributed by atoms with Gasteiger partial charge >= 0.3 is 0 Å². The molecule has 1 aromatic carbocycles. The van der Waals surface area contributed by atoms with Gasteiger partial charge in [0.2, 0.25) is 0 Å². The zero-order chi connectivity index (χ0) is 12.7. The number of benzene rings is 1. The van der Waals surface area contributed by atoms with E-state index >= 15 is 0 Å². The Morgan fingerprint density at radius 2 is 1.94 bits per heavy atom. The maximum absolute atomic E-state index is 10.7. The highest BCUT2D eigenvalue weighted by atomic mass is 32.2. The molecule has 0 N–H and O–H groups in total. The van der Waals surface area contributed by atoms with Gasteiger partial charge in [-0.1, -0.05) is 36.0 Å². The molecule has 0 bridgehead atoms. The van der Waals surface area contributed by atoms with Crippen molar-refractivity contribution in [1.82, 2.24) is 0 Å². The first kappa shape index (κ1) is 13.8. The number of anilines is 1. The molecule has 0 aliphatic carbocycles. The lowest BCUT2D eigenvalue weighted by molar-refractivity contribution is -0.109. The molecule has 0 aliphatic heterocycles. The first-order valence-corrected chi connectivity index (χ1v) is 6.65. The molecule has 92 valence electrons. The van der Waals surface area contributed by atoms with Crippen LogP contribution in [0.5, 0.6) is 0 Å². The Hall–Kier alpha value is -1.22. The summed E-state index contributed by atoms with van der Waals surface area (Å²) in [7, 11) is 4.06. The fraction of sp³-hybridized carbons (Fsp3) is 0.357. The average molecular weight is 249 g/mol. The van der Waals surface area contributed by atoms with E-state index < -0.39 is 0 Å². The number of hydrogen-bond acceptors (Lipinski definition) is 3. The minimum Gasteiger partial charge on any atom is -0.378 e. The lowest BCUT2D eigenvalue weighted by Crippen LogP contribution is -2.07. The van der Waals surface area contributed by atoms with Crippen molar-refractivity contribution in [1.29, 1.82) is 0 Å². The maximum atomic E-state index is 10.7. The van der Waals surface area contributed by atoms with E-state index in [-0.39, 0.29) is 5.12 Å². The predicted molar refractivity (Wildman–Crippen MR) is 77.6 cm³/mol. The smallest absolute Gasteiger partial charge is 0.185 e. The van der Waals surface area contributed by atoms with Crippen molar-refractivity contribution in [3.05, 3.63) is 35.9 Å². The van der Waals surface area contributed by atoms with E-state index in [9.17, 15) is 4.79 Å². The molecule has 0 heterocycles. The van der Waals surface area contributed by atoms with Gasteiger partial charge in [0.25, 0.3) is 0 Å². The van der Waals surface area contributed by atoms with Crippen molar-refractivity contribution < 1.29 is 4.79 Å². The standard InChI is InChI=1S/C14H19NOS/c1-12(16)17-11-5-4-6-13-7-9-14(10-8-13)15(2)3/h4,6-10H,5,11H2,1-3H3. The van der Waals surface area contributed by atoms with Crippen molar-refractivity contribution in [2.45, 2.75) is 13.3 Å². The van der Waals surface area contributed by atoms with Crippen LogP contribution in [0.3, 0.4) is 0 Å². The third kappa shape index (κ3) is 5.59. The molecule has 0 saturated carbocycles. The summed E-state index contributed by atoms with van der Waals surface area (Å²) in [6.45, 7) is 1.61. The summed E-state index contributed by atoms with van der Waals surface area (Å²) >= 11 is 1.38. The zero-order valence-corrected chi connectivity index (χ0v) is 11.5. The van der Waals surface area contributed by atoms with E-state index in [2.05, 4.69) is 41.3 Å². The number of allylic oxidation sites excluding steroid dienone is 1. The third-order valence-corrected chi connectivity index (χ3v) is 3.16. The molecule has 0 atom stereocenters. The average Bonchev–Trinajstić information content (AvgIpc) is 2.29. The number of rotatable bonds is 5.